The zero-order valence-corrected chi connectivity index (χ0v) is 10.6. The summed E-state index contributed by atoms with van der Waals surface area (Å²) in [6, 6.07) is 11.2. The third-order valence-electron chi connectivity index (χ3n) is 2.58. The van der Waals surface area contributed by atoms with Crippen molar-refractivity contribution in [2.75, 3.05) is 0 Å². The van der Waals surface area contributed by atoms with Gasteiger partial charge in [0.15, 0.2) is 0 Å². The molecule has 88 valence electrons. The summed E-state index contributed by atoms with van der Waals surface area (Å²) in [4.78, 5) is 4.02. The van der Waals surface area contributed by atoms with E-state index in [1.807, 2.05) is 30.3 Å². The first-order valence-corrected chi connectivity index (χ1v) is 6.03. The zero-order valence-electron chi connectivity index (χ0n) is 9.11. The van der Waals surface area contributed by atoms with Crippen LogP contribution in [0.2, 0.25) is 10.2 Å². The summed E-state index contributed by atoms with van der Waals surface area (Å²) < 4.78 is 0. The Balaban J connectivity index is 2.14. The fourth-order valence-electron chi connectivity index (χ4n) is 1.63. The highest BCUT2D eigenvalue weighted by Crippen LogP contribution is 2.22. The molecule has 1 aromatic heterocycles. The average molecular weight is 267 g/mol. The molecule has 1 unspecified atom stereocenters. The number of benzene rings is 1. The van der Waals surface area contributed by atoms with E-state index in [1.165, 1.54) is 0 Å². The molecule has 2 rings (SSSR count). The smallest absolute Gasteiger partial charge is 0.129 e. The molecule has 1 heterocycles. The van der Waals surface area contributed by atoms with Crippen LogP contribution in [-0.2, 0) is 6.42 Å². The molecule has 0 aliphatic carbocycles. The van der Waals surface area contributed by atoms with Gasteiger partial charge in [-0.05, 0) is 29.7 Å². The second-order valence-electron chi connectivity index (χ2n) is 3.82. The van der Waals surface area contributed by atoms with Crippen LogP contribution in [0.1, 0.15) is 17.2 Å². The molecule has 4 heteroatoms. The summed E-state index contributed by atoms with van der Waals surface area (Å²) >= 11 is 11.8. The van der Waals surface area contributed by atoms with Crippen molar-refractivity contribution in [2.45, 2.75) is 12.5 Å². The number of hydrogen-bond acceptors (Lipinski definition) is 2. The summed E-state index contributed by atoms with van der Waals surface area (Å²) in [6.07, 6.45) is 2.38. The van der Waals surface area contributed by atoms with Gasteiger partial charge in [-0.25, -0.2) is 4.98 Å². The molecule has 0 radical (unpaired) electrons. The van der Waals surface area contributed by atoms with Crippen molar-refractivity contribution in [3.8, 4) is 0 Å². The van der Waals surface area contributed by atoms with Crippen LogP contribution in [0.4, 0.5) is 0 Å². The van der Waals surface area contributed by atoms with Crippen LogP contribution in [0.5, 0.6) is 0 Å². The van der Waals surface area contributed by atoms with Gasteiger partial charge in [0, 0.05) is 17.3 Å². The van der Waals surface area contributed by atoms with Crippen molar-refractivity contribution in [1.29, 1.82) is 0 Å². The Morgan fingerprint density at radius 1 is 1.12 bits per heavy atom. The van der Waals surface area contributed by atoms with E-state index in [0.717, 1.165) is 16.1 Å². The standard InChI is InChI=1S/C13H12Cl2N2/c14-11-4-2-1-3-9(11)7-12(16)10-5-6-13(15)17-8-10/h1-6,8,12H,7,16H2. The number of rotatable bonds is 3. The highest BCUT2D eigenvalue weighted by molar-refractivity contribution is 6.31. The average Bonchev–Trinajstić information content (AvgIpc) is 2.33. The topological polar surface area (TPSA) is 38.9 Å². The molecular weight excluding hydrogens is 255 g/mol. The van der Waals surface area contributed by atoms with Crippen molar-refractivity contribution < 1.29 is 0 Å². The Bertz CT molecular complexity index is 497. The maximum Gasteiger partial charge on any atom is 0.129 e. The number of aromatic nitrogens is 1. The number of nitrogens with two attached hydrogens (primary N) is 1. The molecule has 0 aliphatic heterocycles. The molecule has 0 spiro atoms. The van der Waals surface area contributed by atoms with Gasteiger partial charge in [-0.2, -0.15) is 0 Å². The second kappa shape index (κ2) is 5.50. The van der Waals surface area contributed by atoms with Gasteiger partial charge in [0.1, 0.15) is 5.15 Å². The van der Waals surface area contributed by atoms with Crippen molar-refractivity contribution in [1.82, 2.24) is 4.98 Å². The van der Waals surface area contributed by atoms with Crippen LogP contribution >= 0.6 is 23.2 Å². The SMILES string of the molecule is NC(Cc1ccccc1Cl)c1ccc(Cl)nc1. The highest BCUT2D eigenvalue weighted by Gasteiger charge is 2.09. The van der Waals surface area contributed by atoms with Crippen LogP contribution < -0.4 is 5.73 Å². The predicted molar refractivity (Wildman–Crippen MR) is 71.3 cm³/mol. The maximum atomic E-state index is 6.10. The monoisotopic (exact) mass is 266 g/mol. The molecule has 0 saturated heterocycles. The summed E-state index contributed by atoms with van der Waals surface area (Å²) in [5.41, 5.74) is 8.10. The molecule has 2 nitrogen and oxygen atoms in total. The van der Waals surface area contributed by atoms with Crippen molar-refractivity contribution in [3.63, 3.8) is 0 Å². The van der Waals surface area contributed by atoms with Gasteiger partial charge in [0.25, 0.3) is 0 Å². The fourth-order valence-corrected chi connectivity index (χ4v) is 1.95. The molecule has 0 aliphatic rings. The minimum absolute atomic E-state index is 0.125. The minimum Gasteiger partial charge on any atom is -0.324 e. The Morgan fingerprint density at radius 3 is 2.53 bits per heavy atom. The number of hydrogen-bond donors (Lipinski definition) is 1. The van der Waals surface area contributed by atoms with E-state index in [-0.39, 0.29) is 6.04 Å². The lowest BCUT2D eigenvalue weighted by Gasteiger charge is -2.12. The van der Waals surface area contributed by atoms with Gasteiger partial charge in [0.05, 0.1) is 0 Å². The summed E-state index contributed by atoms with van der Waals surface area (Å²) in [5.74, 6) is 0. The van der Waals surface area contributed by atoms with E-state index in [1.54, 1.807) is 12.3 Å². The normalized spacial score (nSPS) is 12.4. The van der Waals surface area contributed by atoms with Gasteiger partial charge in [-0.15, -0.1) is 0 Å². The van der Waals surface area contributed by atoms with Gasteiger partial charge >= 0.3 is 0 Å². The van der Waals surface area contributed by atoms with E-state index in [0.29, 0.717) is 11.6 Å². The molecule has 0 amide bonds. The number of nitrogens with zero attached hydrogens (tertiary/aromatic N) is 1. The van der Waals surface area contributed by atoms with Crippen LogP contribution in [0.3, 0.4) is 0 Å². The molecule has 0 bridgehead atoms. The summed E-state index contributed by atoms with van der Waals surface area (Å²) in [7, 11) is 0. The van der Waals surface area contributed by atoms with Crippen LogP contribution in [0, 0.1) is 0 Å². The summed E-state index contributed by atoms with van der Waals surface area (Å²) in [5, 5.41) is 1.21. The molecule has 1 aromatic carbocycles. The Labute approximate surface area is 110 Å². The van der Waals surface area contributed by atoms with Gasteiger partial charge in [0.2, 0.25) is 0 Å². The lowest BCUT2D eigenvalue weighted by molar-refractivity contribution is 0.718. The molecule has 0 fully saturated rings. The van der Waals surface area contributed by atoms with E-state index in [4.69, 9.17) is 28.9 Å². The second-order valence-corrected chi connectivity index (χ2v) is 4.61. The third-order valence-corrected chi connectivity index (χ3v) is 3.17. The molecule has 17 heavy (non-hydrogen) atoms. The fraction of sp³-hybridized carbons (Fsp3) is 0.154. The molecule has 2 aromatic rings. The lowest BCUT2D eigenvalue weighted by Crippen LogP contribution is -2.13. The maximum absolute atomic E-state index is 6.10. The summed E-state index contributed by atoms with van der Waals surface area (Å²) in [6.45, 7) is 0. The largest absolute Gasteiger partial charge is 0.324 e. The Hall–Kier alpha value is -1.09. The minimum atomic E-state index is -0.125. The van der Waals surface area contributed by atoms with Crippen LogP contribution in [-0.4, -0.2) is 4.98 Å². The molecule has 0 saturated carbocycles. The van der Waals surface area contributed by atoms with Crippen LogP contribution in [0.15, 0.2) is 42.6 Å². The quantitative estimate of drug-likeness (QED) is 0.862. The van der Waals surface area contributed by atoms with Crippen molar-refractivity contribution >= 4 is 23.2 Å². The van der Waals surface area contributed by atoms with E-state index in [9.17, 15) is 0 Å². The van der Waals surface area contributed by atoms with Gasteiger partial charge in [-0.3, -0.25) is 0 Å². The third kappa shape index (κ3) is 3.19. The lowest BCUT2D eigenvalue weighted by atomic mass is 10.0. The Kier molecular flexibility index (Phi) is 4.00. The predicted octanol–water partition coefficient (Wildman–Crippen LogP) is 3.63. The first-order valence-electron chi connectivity index (χ1n) is 5.27. The molecule has 1 atom stereocenters. The highest BCUT2D eigenvalue weighted by atomic mass is 35.5. The van der Waals surface area contributed by atoms with E-state index < -0.39 is 0 Å². The first-order chi connectivity index (χ1) is 8.16. The van der Waals surface area contributed by atoms with Gasteiger partial charge < -0.3 is 5.73 Å². The van der Waals surface area contributed by atoms with Crippen LogP contribution in [0.25, 0.3) is 0 Å². The van der Waals surface area contributed by atoms with Crippen molar-refractivity contribution in [2.24, 2.45) is 5.73 Å². The van der Waals surface area contributed by atoms with E-state index >= 15 is 0 Å². The molecular formula is C13H12Cl2N2. The van der Waals surface area contributed by atoms with E-state index in [2.05, 4.69) is 4.98 Å². The molecule has 2 N–H and O–H groups in total. The number of pyridine rings is 1. The van der Waals surface area contributed by atoms with Crippen molar-refractivity contribution in [3.05, 3.63) is 63.9 Å². The number of halogens is 2. The zero-order chi connectivity index (χ0) is 12.3. The Morgan fingerprint density at radius 2 is 1.88 bits per heavy atom. The van der Waals surface area contributed by atoms with Gasteiger partial charge in [-0.1, -0.05) is 47.5 Å². The first kappa shape index (κ1) is 12.4.